The van der Waals surface area contributed by atoms with Crippen LogP contribution < -0.4 is 5.32 Å². The Morgan fingerprint density at radius 1 is 1.33 bits per heavy atom. The zero-order valence-corrected chi connectivity index (χ0v) is 14.1. The summed E-state index contributed by atoms with van der Waals surface area (Å²) in [7, 11) is 0. The molecule has 8 heteroatoms. The second kappa shape index (κ2) is 7.76. The fraction of sp³-hybridized carbons (Fsp3) is 0.500. The third kappa shape index (κ3) is 5.86. The van der Waals surface area contributed by atoms with Gasteiger partial charge in [0.1, 0.15) is 11.6 Å². The molecule has 0 aromatic heterocycles. The maximum atomic E-state index is 11.8. The number of benzene rings is 1. The van der Waals surface area contributed by atoms with E-state index in [0.29, 0.717) is 5.56 Å². The van der Waals surface area contributed by atoms with Crippen LogP contribution >= 0.6 is 0 Å². The summed E-state index contributed by atoms with van der Waals surface area (Å²) in [5, 5.41) is 22.7. The molecule has 24 heavy (non-hydrogen) atoms. The molecule has 1 amide bonds. The average Bonchev–Trinajstić information content (AvgIpc) is 2.42. The van der Waals surface area contributed by atoms with Gasteiger partial charge in [-0.2, -0.15) is 0 Å². The lowest BCUT2D eigenvalue weighted by Gasteiger charge is -2.25. The lowest BCUT2D eigenvalue weighted by molar-refractivity contribution is -0.385. The number of carbonyl (C=O) groups is 2. The summed E-state index contributed by atoms with van der Waals surface area (Å²) in [5.41, 5.74) is -0.424. The number of hydrogen-bond acceptors (Lipinski definition) is 5. The SMILES string of the molecule is CC(Cc1ccccc1[N+](=O)[O-])C(NC(=O)OC(C)(C)C)C(=O)O. The van der Waals surface area contributed by atoms with Crippen LogP contribution in [0.3, 0.4) is 0 Å². The van der Waals surface area contributed by atoms with E-state index in [2.05, 4.69) is 5.32 Å². The van der Waals surface area contributed by atoms with Crippen molar-refractivity contribution >= 4 is 17.7 Å². The predicted octanol–water partition coefficient (Wildman–Crippen LogP) is 2.75. The molecule has 8 nitrogen and oxygen atoms in total. The molecule has 1 aromatic carbocycles. The van der Waals surface area contributed by atoms with E-state index in [9.17, 15) is 24.8 Å². The van der Waals surface area contributed by atoms with Crippen LogP contribution in [-0.2, 0) is 16.0 Å². The van der Waals surface area contributed by atoms with E-state index in [0.717, 1.165) is 0 Å². The summed E-state index contributed by atoms with van der Waals surface area (Å²) >= 11 is 0. The van der Waals surface area contributed by atoms with Gasteiger partial charge in [-0.1, -0.05) is 25.1 Å². The van der Waals surface area contributed by atoms with Crippen molar-refractivity contribution in [3.8, 4) is 0 Å². The molecule has 0 aliphatic heterocycles. The quantitative estimate of drug-likeness (QED) is 0.608. The van der Waals surface area contributed by atoms with Crippen LogP contribution in [0.4, 0.5) is 10.5 Å². The van der Waals surface area contributed by atoms with E-state index in [1.165, 1.54) is 6.07 Å². The molecular formula is C16H22N2O6. The number of aliphatic carboxylic acids is 1. The Morgan fingerprint density at radius 3 is 2.42 bits per heavy atom. The van der Waals surface area contributed by atoms with Crippen LogP contribution in [0.5, 0.6) is 0 Å². The number of nitrogens with zero attached hydrogens (tertiary/aromatic N) is 1. The van der Waals surface area contributed by atoms with Crippen LogP contribution in [0, 0.1) is 16.0 Å². The number of nitro groups is 1. The molecule has 0 radical (unpaired) electrons. The number of ether oxygens (including phenoxy) is 1. The number of alkyl carbamates (subject to hydrolysis) is 1. The number of carboxylic acid groups (broad SMARTS) is 1. The van der Waals surface area contributed by atoms with Crippen LogP contribution in [-0.4, -0.2) is 33.7 Å². The highest BCUT2D eigenvalue weighted by Gasteiger charge is 2.30. The van der Waals surface area contributed by atoms with Gasteiger partial charge in [0.15, 0.2) is 0 Å². The maximum Gasteiger partial charge on any atom is 0.408 e. The highest BCUT2D eigenvalue weighted by molar-refractivity contribution is 5.80. The van der Waals surface area contributed by atoms with Crippen molar-refractivity contribution in [2.45, 2.75) is 45.8 Å². The summed E-state index contributed by atoms with van der Waals surface area (Å²) in [6.45, 7) is 6.60. The number of amides is 1. The molecule has 132 valence electrons. The minimum Gasteiger partial charge on any atom is -0.480 e. The molecular weight excluding hydrogens is 316 g/mol. The van der Waals surface area contributed by atoms with Gasteiger partial charge in [0.2, 0.25) is 0 Å². The molecule has 0 fully saturated rings. The average molecular weight is 338 g/mol. The van der Waals surface area contributed by atoms with E-state index in [-0.39, 0.29) is 12.1 Å². The van der Waals surface area contributed by atoms with Gasteiger partial charge in [-0.15, -0.1) is 0 Å². The van der Waals surface area contributed by atoms with Crippen molar-refractivity contribution in [2.75, 3.05) is 0 Å². The maximum absolute atomic E-state index is 11.8. The molecule has 2 N–H and O–H groups in total. The number of nitrogens with one attached hydrogen (secondary N) is 1. The molecule has 0 saturated heterocycles. The van der Waals surface area contributed by atoms with E-state index in [1.54, 1.807) is 45.9 Å². The van der Waals surface area contributed by atoms with Gasteiger partial charge in [-0.05, 0) is 33.1 Å². The first kappa shape index (κ1) is 19.4. The van der Waals surface area contributed by atoms with Gasteiger partial charge in [-0.3, -0.25) is 10.1 Å². The molecule has 0 saturated carbocycles. The highest BCUT2D eigenvalue weighted by Crippen LogP contribution is 2.22. The van der Waals surface area contributed by atoms with Crippen LogP contribution in [0.15, 0.2) is 24.3 Å². The van der Waals surface area contributed by atoms with Crippen LogP contribution in [0.25, 0.3) is 0 Å². The first-order valence-electron chi connectivity index (χ1n) is 7.46. The monoisotopic (exact) mass is 338 g/mol. The van der Waals surface area contributed by atoms with Crippen molar-refractivity contribution < 1.29 is 24.4 Å². The second-order valence-electron chi connectivity index (χ2n) is 6.53. The van der Waals surface area contributed by atoms with E-state index < -0.39 is 34.5 Å². The molecule has 0 aliphatic carbocycles. The largest absolute Gasteiger partial charge is 0.480 e. The van der Waals surface area contributed by atoms with Gasteiger partial charge in [0.25, 0.3) is 5.69 Å². The number of carbonyl (C=O) groups excluding carboxylic acids is 1. The van der Waals surface area contributed by atoms with Crippen LogP contribution in [0.1, 0.15) is 33.3 Å². The summed E-state index contributed by atoms with van der Waals surface area (Å²) in [6.07, 6.45) is -0.714. The van der Waals surface area contributed by atoms with E-state index in [1.807, 2.05) is 0 Å². The van der Waals surface area contributed by atoms with Crippen molar-refractivity contribution in [1.29, 1.82) is 0 Å². The number of hydrogen-bond donors (Lipinski definition) is 2. The third-order valence-corrected chi connectivity index (χ3v) is 3.24. The molecule has 1 aromatic rings. The van der Waals surface area contributed by atoms with E-state index >= 15 is 0 Å². The zero-order chi connectivity index (χ0) is 18.5. The minimum atomic E-state index is -1.23. The summed E-state index contributed by atoms with van der Waals surface area (Å²) in [6, 6.07) is 4.89. The topological polar surface area (TPSA) is 119 Å². The van der Waals surface area contributed by atoms with Crippen LogP contribution in [0.2, 0.25) is 0 Å². The Balaban J connectivity index is 2.88. The lowest BCUT2D eigenvalue weighted by atomic mass is 9.93. The Labute approximate surface area is 140 Å². The molecule has 0 spiro atoms. The molecule has 0 aliphatic rings. The normalized spacial score (nSPS) is 13.7. The first-order chi connectivity index (χ1) is 11.0. The third-order valence-electron chi connectivity index (χ3n) is 3.24. The lowest BCUT2D eigenvalue weighted by Crippen LogP contribution is -2.47. The highest BCUT2D eigenvalue weighted by atomic mass is 16.6. The minimum absolute atomic E-state index is 0.0780. The van der Waals surface area contributed by atoms with Gasteiger partial charge in [-0.25, -0.2) is 9.59 Å². The summed E-state index contributed by atoms with van der Waals surface area (Å²) in [4.78, 5) is 33.8. The van der Waals surface area contributed by atoms with Crippen molar-refractivity contribution in [2.24, 2.45) is 5.92 Å². The molecule has 2 unspecified atom stereocenters. The van der Waals surface area contributed by atoms with Gasteiger partial charge in [0.05, 0.1) is 4.92 Å². The Bertz CT molecular complexity index is 623. The van der Waals surface area contributed by atoms with Crippen molar-refractivity contribution in [3.63, 3.8) is 0 Å². The Hall–Kier alpha value is -2.64. The number of rotatable bonds is 6. The van der Waals surface area contributed by atoms with E-state index in [4.69, 9.17) is 4.74 Å². The molecule has 2 atom stereocenters. The summed E-state index contributed by atoms with van der Waals surface area (Å²) in [5.74, 6) is -1.80. The van der Waals surface area contributed by atoms with Gasteiger partial charge < -0.3 is 15.2 Å². The zero-order valence-electron chi connectivity index (χ0n) is 14.1. The second-order valence-corrected chi connectivity index (χ2v) is 6.53. The molecule has 0 bridgehead atoms. The first-order valence-corrected chi connectivity index (χ1v) is 7.46. The fourth-order valence-electron chi connectivity index (χ4n) is 2.21. The summed E-state index contributed by atoms with van der Waals surface area (Å²) < 4.78 is 5.06. The standard InChI is InChI=1S/C16H22N2O6/c1-10(9-11-7-5-6-8-12(11)18(22)23)13(14(19)20)17-15(21)24-16(2,3)4/h5-8,10,13H,9H2,1-4H3,(H,17,21)(H,19,20). The Morgan fingerprint density at radius 2 is 1.92 bits per heavy atom. The van der Waals surface area contributed by atoms with Gasteiger partial charge >= 0.3 is 12.1 Å². The predicted molar refractivity (Wildman–Crippen MR) is 86.8 cm³/mol. The number of carboxylic acids is 1. The molecule has 0 heterocycles. The van der Waals surface area contributed by atoms with Crippen molar-refractivity contribution in [3.05, 3.63) is 39.9 Å². The fourth-order valence-corrected chi connectivity index (χ4v) is 2.21. The number of nitro benzene ring substituents is 1. The van der Waals surface area contributed by atoms with Gasteiger partial charge in [0, 0.05) is 11.6 Å². The smallest absolute Gasteiger partial charge is 0.408 e. The molecule has 1 rings (SSSR count). The number of para-hydroxylation sites is 1. The van der Waals surface area contributed by atoms with Crippen molar-refractivity contribution in [1.82, 2.24) is 5.32 Å². The Kier molecular flexibility index (Phi) is 6.27.